The van der Waals surface area contributed by atoms with E-state index < -0.39 is 0 Å². The molecule has 3 N–H and O–H groups in total. The molecule has 2 aliphatic rings. The zero-order valence-corrected chi connectivity index (χ0v) is 11.3. The molecular weight excluding hydrogens is 248 g/mol. The van der Waals surface area contributed by atoms with Crippen molar-refractivity contribution in [1.29, 1.82) is 0 Å². The lowest BCUT2D eigenvalue weighted by molar-refractivity contribution is 0.133. The monoisotopic (exact) mass is 266 g/mol. The summed E-state index contributed by atoms with van der Waals surface area (Å²) in [6.45, 7) is 3.91. The first kappa shape index (κ1) is 12.1. The third-order valence-electron chi connectivity index (χ3n) is 4.53. The second-order valence-electron chi connectivity index (χ2n) is 5.58. The molecule has 1 saturated heterocycles. The van der Waals surface area contributed by atoms with Crippen molar-refractivity contribution >= 4 is 23.0 Å². The van der Waals surface area contributed by atoms with E-state index in [9.17, 15) is 5.11 Å². The molecule has 1 aromatic rings. The summed E-state index contributed by atoms with van der Waals surface area (Å²) in [7, 11) is 0. The molecule has 0 bridgehead atoms. The Labute approximate surface area is 113 Å². The van der Waals surface area contributed by atoms with Gasteiger partial charge in [0.15, 0.2) is 0 Å². The Bertz CT molecular complexity index is 477. The van der Waals surface area contributed by atoms with Gasteiger partial charge >= 0.3 is 0 Å². The van der Waals surface area contributed by atoms with Crippen LogP contribution in [0.15, 0.2) is 12.1 Å². The van der Waals surface area contributed by atoms with Gasteiger partial charge in [-0.15, -0.1) is 0 Å². The molecule has 0 spiro atoms. The molecule has 3 unspecified atom stereocenters. The maximum absolute atomic E-state index is 9.97. The molecule has 3 nitrogen and oxygen atoms in total. The first-order chi connectivity index (χ1) is 8.58. The minimum atomic E-state index is -0.138. The van der Waals surface area contributed by atoms with E-state index >= 15 is 0 Å². The highest BCUT2D eigenvalue weighted by atomic mass is 35.5. The van der Waals surface area contributed by atoms with Crippen molar-refractivity contribution in [2.75, 3.05) is 23.7 Å². The van der Waals surface area contributed by atoms with Gasteiger partial charge in [0.1, 0.15) is 0 Å². The van der Waals surface area contributed by atoms with E-state index in [4.69, 9.17) is 17.3 Å². The van der Waals surface area contributed by atoms with E-state index in [-0.39, 0.29) is 6.10 Å². The third-order valence-corrected chi connectivity index (χ3v) is 4.94. The molecule has 1 aromatic carbocycles. The van der Waals surface area contributed by atoms with E-state index in [1.54, 1.807) is 0 Å². The first-order valence-corrected chi connectivity index (χ1v) is 6.93. The number of hydrogen-bond acceptors (Lipinski definition) is 3. The maximum atomic E-state index is 9.97. The number of anilines is 2. The van der Waals surface area contributed by atoms with Gasteiger partial charge in [0, 0.05) is 24.0 Å². The van der Waals surface area contributed by atoms with Crippen molar-refractivity contribution in [3.8, 4) is 0 Å². The lowest BCUT2D eigenvalue weighted by Crippen LogP contribution is -2.25. The summed E-state index contributed by atoms with van der Waals surface area (Å²) in [4.78, 5) is 2.30. The number of nitrogens with zero attached hydrogens (tertiary/aromatic N) is 1. The van der Waals surface area contributed by atoms with Crippen LogP contribution in [0.5, 0.6) is 0 Å². The van der Waals surface area contributed by atoms with Crippen molar-refractivity contribution in [2.45, 2.75) is 25.9 Å². The molecule has 0 amide bonds. The Morgan fingerprint density at radius 2 is 2.11 bits per heavy atom. The summed E-state index contributed by atoms with van der Waals surface area (Å²) in [5, 5.41) is 10.7. The average Bonchev–Trinajstić information content (AvgIpc) is 2.88. The van der Waals surface area contributed by atoms with Crippen LogP contribution in [-0.4, -0.2) is 24.3 Å². The van der Waals surface area contributed by atoms with Crippen molar-refractivity contribution in [3.63, 3.8) is 0 Å². The average molecular weight is 267 g/mol. The van der Waals surface area contributed by atoms with Crippen LogP contribution in [0.1, 0.15) is 18.4 Å². The van der Waals surface area contributed by atoms with E-state index in [1.165, 1.54) is 0 Å². The number of fused-ring (bicyclic) bond motifs is 1. The van der Waals surface area contributed by atoms with Crippen molar-refractivity contribution in [1.82, 2.24) is 0 Å². The van der Waals surface area contributed by atoms with Crippen LogP contribution in [0.3, 0.4) is 0 Å². The normalized spacial score (nSPS) is 30.8. The molecule has 18 heavy (non-hydrogen) atoms. The van der Waals surface area contributed by atoms with Gasteiger partial charge < -0.3 is 15.7 Å². The fraction of sp³-hybridized carbons (Fsp3) is 0.571. The van der Waals surface area contributed by atoms with E-state index in [1.807, 2.05) is 19.1 Å². The smallest absolute Gasteiger partial charge is 0.0644 e. The van der Waals surface area contributed by atoms with Crippen LogP contribution in [-0.2, 0) is 0 Å². The van der Waals surface area contributed by atoms with Gasteiger partial charge in [0.2, 0.25) is 0 Å². The molecule has 1 aliphatic heterocycles. The second kappa shape index (κ2) is 4.32. The first-order valence-electron chi connectivity index (χ1n) is 6.55. The predicted octanol–water partition coefficient (Wildman–Crippen LogP) is 2.44. The number of aliphatic hydroxyl groups is 1. The molecular formula is C14H19ClN2O. The highest BCUT2D eigenvalue weighted by Crippen LogP contribution is 2.43. The number of nitrogen functional groups attached to an aromatic ring is 1. The van der Waals surface area contributed by atoms with Gasteiger partial charge in [-0.3, -0.25) is 0 Å². The fourth-order valence-corrected chi connectivity index (χ4v) is 3.69. The van der Waals surface area contributed by atoms with Crippen LogP contribution in [0.4, 0.5) is 11.4 Å². The Morgan fingerprint density at radius 3 is 2.83 bits per heavy atom. The standard InChI is InChI=1S/C14H19ClN2O/c1-8-11(15)3-4-12(16)14(8)17-6-9-2-5-13(18)10(9)7-17/h3-4,9-10,13,18H,2,5-7,16H2,1H3. The fourth-order valence-electron chi connectivity index (χ4n) is 3.54. The van der Waals surface area contributed by atoms with Crippen LogP contribution in [0.2, 0.25) is 5.02 Å². The van der Waals surface area contributed by atoms with E-state index in [2.05, 4.69) is 4.90 Å². The van der Waals surface area contributed by atoms with Crippen LogP contribution >= 0.6 is 11.6 Å². The minimum absolute atomic E-state index is 0.138. The third kappa shape index (κ3) is 1.77. The molecule has 0 aromatic heterocycles. The van der Waals surface area contributed by atoms with Crippen molar-refractivity contribution in [2.24, 2.45) is 11.8 Å². The Hall–Kier alpha value is -0.930. The zero-order valence-electron chi connectivity index (χ0n) is 10.6. The van der Waals surface area contributed by atoms with Crippen LogP contribution in [0.25, 0.3) is 0 Å². The number of rotatable bonds is 1. The Balaban J connectivity index is 1.91. The lowest BCUT2D eigenvalue weighted by Gasteiger charge is -2.24. The molecule has 0 radical (unpaired) electrons. The predicted molar refractivity (Wildman–Crippen MR) is 75.0 cm³/mol. The second-order valence-corrected chi connectivity index (χ2v) is 5.99. The molecule has 1 aliphatic carbocycles. The summed E-state index contributed by atoms with van der Waals surface area (Å²) in [6.07, 6.45) is 1.94. The Morgan fingerprint density at radius 1 is 1.33 bits per heavy atom. The summed E-state index contributed by atoms with van der Waals surface area (Å²) >= 11 is 6.18. The van der Waals surface area contributed by atoms with Gasteiger partial charge in [-0.05, 0) is 43.4 Å². The molecule has 1 saturated carbocycles. The summed E-state index contributed by atoms with van der Waals surface area (Å²) in [5.74, 6) is 1.01. The van der Waals surface area contributed by atoms with E-state index in [0.717, 1.165) is 47.9 Å². The molecule has 1 heterocycles. The van der Waals surface area contributed by atoms with Gasteiger partial charge in [-0.25, -0.2) is 0 Å². The van der Waals surface area contributed by atoms with Gasteiger partial charge in [-0.1, -0.05) is 11.6 Å². The SMILES string of the molecule is Cc1c(Cl)ccc(N)c1N1CC2CCC(O)C2C1. The van der Waals surface area contributed by atoms with Crippen molar-refractivity contribution in [3.05, 3.63) is 22.7 Å². The lowest BCUT2D eigenvalue weighted by atomic mass is 10.00. The van der Waals surface area contributed by atoms with Crippen LogP contribution < -0.4 is 10.6 Å². The van der Waals surface area contributed by atoms with Gasteiger partial charge in [0.05, 0.1) is 17.5 Å². The van der Waals surface area contributed by atoms with Gasteiger partial charge in [-0.2, -0.15) is 0 Å². The summed E-state index contributed by atoms with van der Waals surface area (Å²) < 4.78 is 0. The van der Waals surface area contributed by atoms with Gasteiger partial charge in [0.25, 0.3) is 0 Å². The topological polar surface area (TPSA) is 49.5 Å². The number of benzene rings is 1. The Kier molecular flexibility index (Phi) is 2.91. The number of hydrogen-bond donors (Lipinski definition) is 2. The summed E-state index contributed by atoms with van der Waals surface area (Å²) in [5.41, 5.74) is 8.98. The number of nitrogens with two attached hydrogens (primary N) is 1. The maximum Gasteiger partial charge on any atom is 0.0644 e. The highest BCUT2D eigenvalue weighted by Gasteiger charge is 2.42. The number of aliphatic hydroxyl groups excluding tert-OH is 1. The zero-order chi connectivity index (χ0) is 12.9. The van der Waals surface area contributed by atoms with Crippen molar-refractivity contribution < 1.29 is 5.11 Å². The largest absolute Gasteiger partial charge is 0.397 e. The highest BCUT2D eigenvalue weighted by molar-refractivity contribution is 6.32. The molecule has 98 valence electrons. The minimum Gasteiger partial charge on any atom is -0.397 e. The molecule has 2 fully saturated rings. The molecule has 3 atom stereocenters. The number of halogens is 1. The quantitative estimate of drug-likeness (QED) is 0.768. The molecule has 4 heteroatoms. The van der Waals surface area contributed by atoms with Crippen LogP contribution in [0, 0.1) is 18.8 Å². The molecule has 3 rings (SSSR count). The summed E-state index contributed by atoms with van der Waals surface area (Å²) in [6, 6.07) is 3.72. The van der Waals surface area contributed by atoms with E-state index in [0.29, 0.717) is 11.8 Å².